The summed E-state index contributed by atoms with van der Waals surface area (Å²) in [6, 6.07) is 22.3. The highest BCUT2D eigenvalue weighted by Crippen LogP contribution is 2.23. The van der Waals surface area contributed by atoms with Crippen molar-refractivity contribution in [3.8, 4) is 0 Å². The summed E-state index contributed by atoms with van der Waals surface area (Å²) in [5.41, 5.74) is 1.28. The Balaban J connectivity index is 1.16. The van der Waals surface area contributed by atoms with Gasteiger partial charge in [0, 0.05) is 31.6 Å². The van der Waals surface area contributed by atoms with Crippen LogP contribution in [0.3, 0.4) is 0 Å². The number of nitrogens with zero attached hydrogens (tertiary/aromatic N) is 3. The van der Waals surface area contributed by atoms with Gasteiger partial charge in [-0.25, -0.2) is 8.42 Å². The van der Waals surface area contributed by atoms with E-state index in [0.29, 0.717) is 24.6 Å². The molecule has 0 bridgehead atoms. The van der Waals surface area contributed by atoms with E-state index in [1.54, 1.807) is 24.0 Å². The molecule has 9 heteroatoms. The molecule has 0 unspecified atom stereocenters. The molecule has 5 rings (SSSR count). The molecule has 35 heavy (non-hydrogen) atoms. The fraction of sp³-hybridized carbons (Fsp3) is 0.231. The van der Waals surface area contributed by atoms with E-state index in [2.05, 4.69) is 5.16 Å². The van der Waals surface area contributed by atoms with Gasteiger partial charge >= 0.3 is 0 Å². The number of carbonyl (C=O) groups is 1. The summed E-state index contributed by atoms with van der Waals surface area (Å²) in [6.07, 6.45) is 0. The summed E-state index contributed by atoms with van der Waals surface area (Å²) in [4.78, 5) is 19.7. The molecule has 0 N–H and O–H groups in total. The highest BCUT2D eigenvalue weighted by molar-refractivity contribution is 7.89. The first-order valence-electron chi connectivity index (χ1n) is 11.3. The van der Waals surface area contributed by atoms with E-state index < -0.39 is 10.0 Å². The monoisotopic (exact) mass is 491 g/mol. The van der Waals surface area contributed by atoms with Crippen molar-refractivity contribution >= 4 is 43.4 Å². The zero-order valence-corrected chi connectivity index (χ0v) is 20.1. The van der Waals surface area contributed by atoms with E-state index >= 15 is 0 Å². The third kappa shape index (κ3) is 4.78. The van der Waals surface area contributed by atoms with Crippen molar-refractivity contribution in [3.63, 3.8) is 0 Å². The van der Waals surface area contributed by atoms with E-state index in [-0.39, 0.29) is 30.5 Å². The minimum absolute atomic E-state index is 0.224. The topological polar surface area (TPSA) is 92.4 Å². The number of hydrogen-bond donors (Lipinski definition) is 0. The summed E-state index contributed by atoms with van der Waals surface area (Å²) in [5, 5.41) is 6.83. The molecule has 1 amide bonds. The van der Waals surface area contributed by atoms with Crippen molar-refractivity contribution in [2.45, 2.75) is 11.8 Å². The van der Waals surface area contributed by atoms with Crippen molar-refractivity contribution in [1.82, 2.24) is 9.21 Å². The maximum absolute atomic E-state index is 13.1. The molecule has 0 atom stereocenters. The number of sulfonamides is 1. The van der Waals surface area contributed by atoms with Crippen molar-refractivity contribution in [1.29, 1.82) is 0 Å². The quantitative estimate of drug-likeness (QED) is 0.302. The average Bonchev–Trinajstić information content (AvgIpc) is 3.33. The molecule has 1 aromatic heterocycles. The zero-order valence-electron chi connectivity index (χ0n) is 19.3. The maximum atomic E-state index is 13.1. The molecule has 180 valence electrons. The lowest BCUT2D eigenvalue weighted by atomic mass is 10.1. The van der Waals surface area contributed by atoms with Crippen molar-refractivity contribution in [2.24, 2.45) is 5.16 Å². The Kier molecular flexibility index (Phi) is 6.27. The first-order chi connectivity index (χ1) is 16.9. The van der Waals surface area contributed by atoms with E-state index in [4.69, 9.17) is 9.25 Å². The van der Waals surface area contributed by atoms with Gasteiger partial charge in [-0.2, -0.15) is 4.31 Å². The normalized spacial score (nSPS) is 15.6. The number of carbonyl (C=O) groups excluding carboxylic acids is 1. The number of hydrogen-bond acceptors (Lipinski definition) is 6. The van der Waals surface area contributed by atoms with E-state index in [9.17, 15) is 13.2 Å². The SMILES string of the molecule is CC(=NOCC(=O)N1CCN(S(=O)(=O)c2ccc3ccccc3c2)CC1)c1cc2ccccc2o1. The van der Waals surface area contributed by atoms with E-state index in [0.717, 1.165) is 21.7 Å². The smallest absolute Gasteiger partial charge is 0.263 e. The maximum Gasteiger partial charge on any atom is 0.263 e. The van der Waals surface area contributed by atoms with Crippen LogP contribution in [0.15, 0.2) is 87.3 Å². The number of fused-ring (bicyclic) bond motifs is 2. The summed E-state index contributed by atoms with van der Waals surface area (Å²) >= 11 is 0. The van der Waals surface area contributed by atoms with Crippen LogP contribution in [0.25, 0.3) is 21.7 Å². The zero-order chi connectivity index (χ0) is 24.4. The van der Waals surface area contributed by atoms with Gasteiger partial charge < -0.3 is 14.2 Å². The third-order valence-corrected chi connectivity index (χ3v) is 8.02. The summed E-state index contributed by atoms with van der Waals surface area (Å²) in [6.45, 7) is 2.56. The van der Waals surface area contributed by atoms with Crippen LogP contribution < -0.4 is 0 Å². The minimum Gasteiger partial charge on any atom is -0.455 e. The molecular formula is C26H25N3O5S. The van der Waals surface area contributed by atoms with Crippen LogP contribution >= 0.6 is 0 Å². The Morgan fingerprint density at radius 1 is 0.914 bits per heavy atom. The molecule has 2 heterocycles. The van der Waals surface area contributed by atoms with Gasteiger partial charge in [-0.15, -0.1) is 0 Å². The number of oxime groups is 1. The van der Waals surface area contributed by atoms with Gasteiger partial charge in [0.1, 0.15) is 11.3 Å². The summed E-state index contributed by atoms with van der Waals surface area (Å²) in [5.74, 6) is 0.333. The second-order valence-corrected chi connectivity index (χ2v) is 10.3. The molecule has 0 saturated carbocycles. The number of rotatable bonds is 6. The lowest BCUT2D eigenvalue weighted by molar-refractivity contribution is -0.137. The van der Waals surface area contributed by atoms with Gasteiger partial charge in [-0.3, -0.25) is 4.79 Å². The molecular weight excluding hydrogens is 466 g/mol. The molecule has 8 nitrogen and oxygen atoms in total. The second-order valence-electron chi connectivity index (χ2n) is 8.39. The summed E-state index contributed by atoms with van der Waals surface area (Å²) in [7, 11) is -3.64. The van der Waals surface area contributed by atoms with Crippen LogP contribution in [0.4, 0.5) is 0 Å². The largest absolute Gasteiger partial charge is 0.455 e. The Hall–Kier alpha value is -3.69. The molecule has 1 aliphatic heterocycles. The van der Waals surface area contributed by atoms with Crippen molar-refractivity contribution in [3.05, 3.63) is 78.6 Å². The fourth-order valence-electron chi connectivity index (χ4n) is 4.14. The predicted octanol–water partition coefficient (Wildman–Crippen LogP) is 3.86. The highest BCUT2D eigenvalue weighted by Gasteiger charge is 2.30. The molecule has 4 aromatic rings. The Labute approximate surface area is 203 Å². The van der Waals surface area contributed by atoms with Crippen LogP contribution in [0.5, 0.6) is 0 Å². The molecule has 0 aliphatic carbocycles. The van der Waals surface area contributed by atoms with E-state index in [1.165, 1.54) is 4.31 Å². The number of piperazine rings is 1. The van der Waals surface area contributed by atoms with Gasteiger partial charge in [0.05, 0.1) is 4.90 Å². The summed E-state index contributed by atoms with van der Waals surface area (Å²) < 4.78 is 33.4. The Morgan fingerprint density at radius 3 is 2.34 bits per heavy atom. The van der Waals surface area contributed by atoms with Crippen LogP contribution in [0, 0.1) is 0 Å². The molecule has 0 spiro atoms. The van der Waals surface area contributed by atoms with Crippen molar-refractivity contribution in [2.75, 3.05) is 32.8 Å². The van der Waals surface area contributed by atoms with Gasteiger partial charge in [-0.1, -0.05) is 53.7 Å². The fourth-order valence-corrected chi connectivity index (χ4v) is 5.59. The average molecular weight is 492 g/mol. The minimum atomic E-state index is -3.64. The van der Waals surface area contributed by atoms with Crippen LogP contribution in [0.2, 0.25) is 0 Å². The first kappa shape index (κ1) is 23.1. The number of para-hydroxylation sites is 1. The van der Waals surface area contributed by atoms with Crippen LogP contribution in [0.1, 0.15) is 12.7 Å². The molecule has 1 saturated heterocycles. The second kappa shape index (κ2) is 9.52. The van der Waals surface area contributed by atoms with Crippen molar-refractivity contribution < 1.29 is 22.5 Å². The van der Waals surface area contributed by atoms with Crippen LogP contribution in [-0.2, 0) is 19.7 Å². The Bertz CT molecular complexity index is 1490. The molecule has 1 fully saturated rings. The standard InChI is InChI=1S/C26H25N3O5S/c1-19(25-17-22-8-4-5-9-24(22)34-25)27-33-18-26(30)28-12-14-29(15-13-28)35(31,32)23-11-10-20-6-2-3-7-21(20)16-23/h2-11,16-17H,12-15,18H2,1H3. The van der Waals surface area contributed by atoms with E-state index in [1.807, 2.05) is 60.7 Å². The number of benzene rings is 3. The molecule has 3 aromatic carbocycles. The van der Waals surface area contributed by atoms with Crippen LogP contribution in [-0.4, -0.2) is 62.0 Å². The predicted molar refractivity (Wildman–Crippen MR) is 134 cm³/mol. The van der Waals surface area contributed by atoms with Gasteiger partial charge in [0.15, 0.2) is 12.4 Å². The number of furan rings is 1. The Morgan fingerprint density at radius 2 is 1.60 bits per heavy atom. The molecule has 1 aliphatic rings. The number of amides is 1. The first-order valence-corrected chi connectivity index (χ1v) is 12.8. The lowest BCUT2D eigenvalue weighted by Crippen LogP contribution is -2.51. The van der Waals surface area contributed by atoms with Gasteiger partial charge in [0.25, 0.3) is 5.91 Å². The van der Waals surface area contributed by atoms with Gasteiger partial charge in [0.2, 0.25) is 10.0 Å². The third-order valence-electron chi connectivity index (χ3n) is 6.12. The van der Waals surface area contributed by atoms with Gasteiger partial charge in [-0.05, 0) is 42.0 Å². The lowest BCUT2D eigenvalue weighted by Gasteiger charge is -2.33. The highest BCUT2D eigenvalue weighted by atomic mass is 32.2. The molecule has 0 radical (unpaired) electrons.